The zero-order valence-corrected chi connectivity index (χ0v) is 19.2. The van der Waals surface area contributed by atoms with Crippen LogP contribution in [0.4, 0.5) is 0 Å². The largest absolute Gasteiger partial charge is 0.373 e. The van der Waals surface area contributed by atoms with Crippen LogP contribution in [-0.2, 0) is 4.74 Å². The third-order valence-electron chi connectivity index (χ3n) is 4.03. The molecule has 1 atom stereocenters. The molecule has 0 spiro atoms. The lowest BCUT2D eigenvalue weighted by molar-refractivity contribution is 0.0283. The number of amides is 1. The van der Waals surface area contributed by atoms with E-state index in [9.17, 15) is 4.79 Å². The number of ether oxygens (including phenoxy) is 1. The average molecular weight is 539 g/mol. The fourth-order valence-corrected chi connectivity index (χ4v) is 2.87. The second kappa shape index (κ2) is 11.8. The number of aliphatic imine (C=N–C) groups is 1. The summed E-state index contributed by atoms with van der Waals surface area (Å²) in [6.07, 6.45) is 2.14. The van der Waals surface area contributed by atoms with Crippen molar-refractivity contribution < 1.29 is 9.53 Å². The van der Waals surface area contributed by atoms with Crippen LogP contribution < -0.4 is 16.0 Å². The number of guanidine groups is 1. The van der Waals surface area contributed by atoms with Crippen LogP contribution in [-0.4, -0.2) is 50.3 Å². The van der Waals surface area contributed by atoms with E-state index in [-0.39, 0.29) is 35.5 Å². The van der Waals surface area contributed by atoms with Crippen LogP contribution in [0.25, 0.3) is 0 Å². The zero-order chi connectivity index (χ0) is 18.1. The van der Waals surface area contributed by atoms with Crippen LogP contribution in [0.2, 0.25) is 0 Å². The summed E-state index contributed by atoms with van der Waals surface area (Å²) >= 11 is 3.36. The first-order valence-corrected chi connectivity index (χ1v) is 9.51. The first-order chi connectivity index (χ1) is 12.0. The molecule has 0 bridgehead atoms. The minimum atomic E-state index is -0.155. The fraction of sp³-hybridized carbons (Fsp3) is 0.556. The zero-order valence-electron chi connectivity index (χ0n) is 15.3. The SMILES string of the molecule is CCNC(=NCC1(C)CCCO1)NCCNC(=O)c1ccc(Br)cc1.I. The molecule has 2 rings (SSSR count). The second-order valence-corrected chi connectivity index (χ2v) is 7.20. The minimum absolute atomic E-state index is 0. The van der Waals surface area contributed by atoms with Gasteiger partial charge in [-0.1, -0.05) is 15.9 Å². The van der Waals surface area contributed by atoms with Crippen LogP contribution >= 0.6 is 39.9 Å². The van der Waals surface area contributed by atoms with Crippen molar-refractivity contribution in [2.75, 3.05) is 32.8 Å². The highest BCUT2D eigenvalue weighted by atomic mass is 127. The Morgan fingerprint density at radius 3 is 2.54 bits per heavy atom. The topological polar surface area (TPSA) is 74.8 Å². The Bertz CT molecular complexity index is 589. The van der Waals surface area contributed by atoms with Crippen molar-refractivity contribution in [2.45, 2.75) is 32.3 Å². The maximum atomic E-state index is 12.1. The summed E-state index contributed by atoms with van der Waals surface area (Å²) in [5.41, 5.74) is 0.494. The van der Waals surface area contributed by atoms with Gasteiger partial charge in [-0.2, -0.15) is 0 Å². The Balaban J connectivity index is 0.00000338. The third kappa shape index (κ3) is 7.79. The molecule has 3 N–H and O–H groups in total. The van der Waals surface area contributed by atoms with Gasteiger partial charge in [-0.3, -0.25) is 9.79 Å². The molecule has 1 unspecified atom stereocenters. The maximum Gasteiger partial charge on any atom is 0.251 e. The number of hydrogen-bond acceptors (Lipinski definition) is 3. The van der Waals surface area contributed by atoms with E-state index in [1.807, 2.05) is 19.1 Å². The van der Waals surface area contributed by atoms with Crippen LogP contribution in [0.15, 0.2) is 33.7 Å². The molecule has 0 aliphatic carbocycles. The predicted octanol–water partition coefficient (Wildman–Crippen LogP) is 2.92. The van der Waals surface area contributed by atoms with Crippen molar-refractivity contribution in [1.82, 2.24) is 16.0 Å². The lowest BCUT2D eigenvalue weighted by atomic mass is 10.0. The molecule has 1 aromatic rings. The van der Waals surface area contributed by atoms with Crippen molar-refractivity contribution in [3.05, 3.63) is 34.3 Å². The summed E-state index contributed by atoms with van der Waals surface area (Å²) in [6.45, 7) is 7.49. The molecule has 26 heavy (non-hydrogen) atoms. The Kier molecular flexibility index (Phi) is 10.5. The molecule has 0 radical (unpaired) electrons. The average Bonchev–Trinajstić information content (AvgIpc) is 3.04. The number of carbonyl (C=O) groups excluding carboxylic acids is 1. The molecule has 1 aromatic carbocycles. The third-order valence-corrected chi connectivity index (χ3v) is 4.55. The number of rotatable bonds is 7. The van der Waals surface area contributed by atoms with Crippen LogP contribution in [0.3, 0.4) is 0 Å². The van der Waals surface area contributed by atoms with Gasteiger partial charge in [0.15, 0.2) is 5.96 Å². The van der Waals surface area contributed by atoms with Crippen LogP contribution in [0, 0.1) is 0 Å². The molecule has 1 aliphatic heterocycles. The highest BCUT2D eigenvalue weighted by molar-refractivity contribution is 14.0. The molecule has 146 valence electrons. The van der Waals surface area contributed by atoms with Gasteiger partial charge in [0.05, 0.1) is 12.1 Å². The van der Waals surface area contributed by atoms with E-state index in [1.54, 1.807) is 12.1 Å². The van der Waals surface area contributed by atoms with E-state index in [1.165, 1.54) is 0 Å². The minimum Gasteiger partial charge on any atom is -0.373 e. The highest BCUT2D eigenvalue weighted by Crippen LogP contribution is 2.24. The molecule has 1 fully saturated rings. The number of halogens is 2. The first-order valence-electron chi connectivity index (χ1n) is 8.72. The molecule has 1 heterocycles. The molecule has 1 saturated heterocycles. The monoisotopic (exact) mass is 538 g/mol. The van der Waals surface area contributed by atoms with E-state index in [0.717, 1.165) is 36.4 Å². The van der Waals surface area contributed by atoms with Gasteiger partial charge in [0.1, 0.15) is 0 Å². The molecule has 0 saturated carbocycles. The summed E-state index contributed by atoms with van der Waals surface area (Å²) in [5, 5.41) is 9.35. The number of hydrogen-bond donors (Lipinski definition) is 3. The van der Waals surface area contributed by atoms with Crippen molar-refractivity contribution in [1.29, 1.82) is 0 Å². The molecule has 0 aromatic heterocycles. The van der Waals surface area contributed by atoms with Gasteiger partial charge < -0.3 is 20.7 Å². The Hall–Kier alpha value is -0.870. The smallest absolute Gasteiger partial charge is 0.251 e. The Morgan fingerprint density at radius 2 is 1.92 bits per heavy atom. The van der Waals surface area contributed by atoms with Gasteiger partial charge in [-0.15, -0.1) is 24.0 Å². The van der Waals surface area contributed by atoms with E-state index in [4.69, 9.17) is 4.74 Å². The quantitative estimate of drug-likeness (QED) is 0.216. The highest BCUT2D eigenvalue weighted by Gasteiger charge is 2.29. The number of nitrogens with zero attached hydrogens (tertiary/aromatic N) is 1. The normalized spacial score (nSPS) is 19.6. The van der Waals surface area contributed by atoms with Gasteiger partial charge in [0.2, 0.25) is 0 Å². The molecule has 1 amide bonds. The summed E-state index contributed by atoms with van der Waals surface area (Å²) in [4.78, 5) is 16.7. The van der Waals surface area contributed by atoms with Crippen molar-refractivity contribution in [3.8, 4) is 0 Å². The number of benzene rings is 1. The first kappa shape index (κ1) is 23.2. The van der Waals surface area contributed by atoms with Crippen molar-refractivity contribution >= 4 is 51.8 Å². The van der Waals surface area contributed by atoms with Crippen LogP contribution in [0.5, 0.6) is 0 Å². The van der Waals surface area contributed by atoms with Crippen molar-refractivity contribution in [3.63, 3.8) is 0 Å². The lowest BCUT2D eigenvalue weighted by Crippen LogP contribution is -2.42. The van der Waals surface area contributed by atoms with E-state index in [2.05, 4.69) is 43.8 Å². The summed E-state index contributed by atoms with van der Waals surface area (Å²) in [6, 6.07) is 7.30. The van der Waals surface area contributed by atoms with Gasteiger partial charge in [-0.25, -0.2) is 0 Å². The molecular formula is C18H28BrIN4O2. The Labute approximate surface area is 181 Å². The Morgan fingerprint density at radius 1 is 1.23 bits per heavy atom. The summed E-state index contributed by atoms with van der Waals surface area (Å²) < 4.78 is 6.72. The number of carbonyl (C=O) groups is 1. The van der Waals surface area contributed by atoms with E-state index in [0.29, 0.717) is 25.2 Å². The van der Waals surface area contributed by atoms with Crippen LogP contribution in [0.1, 0.15) is 37.0 Å². The second-order valence-electron chi connectivity index (χ2n) is 6.29. The molecule has 8 heteroatoms. The summed E-state index contributed by atoms with van der Waals surface area (Å²) in [5.74, 6) is 0.667. The molecular weight excluding hydrogens is 511 g/mol. The predicted molar refractivity (Wildman–Crippen MR) is 119 cm³/mol. The maximum absolute atomic E-state index is 12.1. The fourth-order valence-electron chi connectivity index (χ4n) is 2.61. The van der Waals surface area contributed by atoms with E-state index >= 15 is 0 Å². The van der Waals surface area contributed by atoms with Gasteiger partial charge >= 0.3 is 0 Å². The number of nitrogens with one attached hydrogen (secondary N) is 3. The molecule has 6 nitrogen and oxygen atoms in total. The van der Waals surface area contributed by atoms with Gasteiger partial charge in [-0.05, 0) is 51.0 Å². The summed E-state index contributed by atoms with van der Waals surface area (Å²) in [7, 11) is 0. The van der Waals surface area contributed by atoms with Gasteiger partial charge in [0, 0.05) is 36.3 Å². The van der Waals surface area contributed by atoms with Crippen molar-refractivity contribution in [2.24, 2.45) is 4.99 Å². The van der Waals surface area contributed by atoms with Gasteiger partial charge in [0.25, 0.3) is 5.91 Å². The van der Waals surface area contributed by atoms with E-state index < -0.39 is 0 Å². The molecule has 1 aliphatic rings. The lowest BCUT2D eigenvalue weighted by Gasteiger charge is -2.21. The standard InChI is InChI=1S/C18H27BrN4O2.HI/c1-3-20-17(23-13-18(2)9-4-12-25-18)22-11-10-21-16(24)14-5-7-15(19)8-6-14;/h5-8H,3-4,9-13H2,1-2H3,(H,21,24)(H2,20,22,23);1H.